The molecule has 3 N–H and O–H groups in total. The van der Waals surface area contributed by atoms with E-state index in [0.717, 1.165) is 38.9 Å². The summed E-state index contributed by atoms with van der Waals surface area (Å²) in [6.45, 7) is 0.447. The molecule has 140 valence electrons. The zero-order valence-electron chi connectivity index (χ0n) is 15.2. The first-order valence-corrected chi connectivity index (χ1v) is 9.05. The van der Waals surface area contributed by atoms with E-state index in [2.05, 4.69) is 20.3 Å². The summed E-state index contributed by atoms with van der Waals surface area (Å²) in [5, 5.41) is 13.2. The van der Waals surface area contributed by atoms with E-state index in [4.69, 9.17) is 0 Å². The number of aromatic amines is 1. The summed E-state index contributed by atoms with van der Waals surface area (Å²) in [7, 11) is 0. The Morgan fingerprint density at radius 1 is 1.07 bits per heavy atom. The van der Waals surface area contributed by atoms with Gasteiger partial charge in [0.2, 0.25) is 5.91 Å². The van der Waals surface area contributed by atoms with Crippen LogP contribution in [-0.2, 0) is 24.4 Å². The Labute approximate surface area is 162 Å². The van der Waals surface area contributed by atoms with Crippen molar-refractivity contribution in [1.82, 2.24) is 20.3 Å². The largest absolute Gasteiger partial charge is 0.392 e. The van der Waals surface area contributed by atoms with Gasteiger partial charge in [0.25, 0.3) is 0 Å². The second-order valence-corrected chi connectivity index (χ2v) is 6.61. The van der Waals surface area contributed by atoms with Gasteiger partial charge in [-0.1, -0.05) is 24.3 Å². The van der Waals surface area contributed by atoms with E-state index in [1.807, 2.05) is 48.7 Å². The van der Waals surface area contributed by atoms with Crippen LogP contribution in [0.25, 0.3) is 22.2 Å². The third-order valence-electron chi connectivity index (χ3n) is 4.62. The van der Waals surface area contributed by atoms with Crippen LogP contribution in [0.2, 0.25) is 0 Å². The minimum absolute atomic E-state index is 0.00395. The molecule has 0 aliphatic rings. The molecule has 0 saturated carbocycles. The Bertz CT molecular complexity index is 1110. The van der Waals surface area contributed by atoms with Crippen LogP contribution in [0.1, 0.15) is 16.7 Å². The van der Waals surface area contributed by atoms with Gasteiger partial charge < -0.3 is 15.4 Å². The highest BCUT2D eigenvalue weighted by atomic mass is 16.3. The van der Waals surface area contributed by atoms with Crippen molar-refractivity contribution < 1.29 is 9.90 Å². The van der Waals surface area contributed by atoms with E-state index < -0.39 is 0 Å². The van der Waals surface area contributed by atoms with Crippen LogP contribution in [-0.4, -0.2) is 26.0 Å². The van der Waals surface area contributed by atoms with Crippen molar-refractivity contribution in [3.63, 3.8) is 0 Å². The number of hydrogen-bond acceptors (Lipinski definition) is 4. The van der Waals surface area contributed by atoms with E-state index >= 15 is 0 Å². The quantitative estimate of drug-likeness (QED) is 0.485. The number of aliphatic hydroxyl groups excluding tert-OH is 1. The first-order valence-electron chi connectivity index (χ1n) is 9.05. The standard InChI is InChI=1S/C22H20N4O2/c27-14-15-3-1-5-17(7-15)18-8-20-19(13-26-22(20)25-12-18)9-21(28)24-11-16-4-2-6-23-10-16/h1-8,10,12-13,27H,9,11,14H2,(H,24,28)(H,25,26). The fourth-order valence-corrected chi connectivity index (χ4v) is 3.15. The molecule has 3 aromatic heterocycles. The molecule has 0 spiro atoms. The number of carbonyl (C=O) groups is 1. The molecule has 0 aliphatic carbocycles. The second kappa shape index (κ2) is 8.02. The van der Waals surface area contributed by atoms with E-state index in [9.17, 15) is 9.90 Å². The van der Waals surface area contributed by atoms with E-state index in [0.29, 0.717) is 6.54 Å². The minimum atomic E-state index is -0.0579. The normalized spacial score (nSPS) is 10.9. The van der Waals surface area contributed by atoms with Crippen molar-refractivity contribution in [1.29, 1.82) is 0 Å². The van der Waals surface area contributed by atoms with Gasteiger partial charge in [0.1, 0.15) is 5.65 Å². The number of H-pyrrole nitrogens is 1. The maximum Gasteiger partial charge on any atom is 0.224 e. The van der Waals surface area contributed by atoms with E-state index in [1.165, 1.54) is 0 Å². The van der Waals surface area contributed by atoms with Crippen molar-refractivity contribution in [3.05, 3.63) is 83.9 Å². The third kappa shape index (κ3) is 3.92. The van der Waals surface area contributed by atoms with Crippen LogP contribution in [0, 0.1) is 0 Å². The van der Waals surface area contributed by atoms with Gasteiger partial charge in [-0.2, -0.15) is 0 Å². The molecule has 4 aromatic rings. The summed E-state index contributed by atoms with van der Waals surface area (Å²) in [6.07, 6.45) is 7.33. The molecule has 0 unspecified atom stereocenters. The molecule has 0 bridgehead atoms. The number of nitrogens with one attached hydrogen (secondary N) is 2. The monoisotopic (exact) mass is 372 g/mol. The van der Waals surface area contributed by atoms with Gasteiger partial charge in [0.05, 0.1) is 13.0 Å². The Hall–Kier alpha value is -3.51. The lowest BCUT2D eigenvalue weighted by Gasteiger charge is -2.06. The van der Waals surface area contributed by atoms with Gasteiger partial charge in [-0.05, 0) is 40.5 Å². The highest BCUT2D eigenvalue weighted by Crippen LogP contribution is 2.25. The zero-order chi connectivity index (χ0) is 19.3. The van der Waals surface area contributed by atoms with Gasteiger partial charge >= 0.3 is 0 Å². The molecule has 1 amide bonds. The maximum atomic E-state index is 12.4. The summed E-state index contributed by atoms with van der Waals surface area (Å²) in [5.74, 6) is -0.0579. The molecule has 6 heteroatoms. The molecule has 1 aromatic carbocycles. The summed E-state index contributed by atoms with van der Waals surface area (Å²) in [5.41, 5.74) is 5.38. The number of pyridine rings is 2. The molecule has 0 aliphatic heterocycles. The summed E-state index contributed by atoms with van der Waals surface area (Å²) in [6, 6.07) is 13.5. The van der Waals surface area contributed by atoms with Crippen LogP contribution in [0.3, 0.4) is 0 Å². The smallest absolute Gasteiger partial charge is 0.224 e. The van der Waals surface area contributed by atoms with Crippen LogP contribution < -0.4 is 5.32 Å². The minimum Gasteiger partial charge on any atom is -0.392 e. The lowest BCUT2D eigenvalue weighted by Crippen LogP contribution is -2.24. The number of aliphatic hydroxyl groups is 1. The summed E-state index contributed by atoms with van der Waals surface area (Å²) >= 11 is 0. The molecule has 0 radical (unpaired) electrons. The Balaban J connectivity index is 1.53. The number of carbonyl (C=O) groups excluding carboxylic acids is 1. The number of amides is 1. The van der Waals surface area contributed by atoms with Crippen LogP contribution in [0.5, 0.6) is 0 Å². The van der Waals surface area contributed by atoms with Crippen molar-refractivity contribution in [2.45, 2.75) is 19.6 Å². The Morgan fingerprint density at radius 2 is 1.96 bits per heavy atom. The molecule has 0 atom stereocenters. The average molecular weight is 372 g/mol. The van der Waals surface area contributed by atoms with E-state index in [1.54, 1.807) is 18.6 Å². The highest BCUT2D eigenvalue weighted by molar-refractivity contribution is 5.89. The number of hydrogen-bond donors (Lipinski definition) is 3. The van der Waals surface area contributed by atoms with Crippen LogP contribution in [0.4, 0.5) is 0 Å². The average Bonchev–Trinajstić information content (AvgIpc) is 3.15. The lowest BCUT2D eigenvalue weighted by atomic mass is 10.0. The van der Waals surface area contributed by atoms with Gasteiger partial charge in [-0.3, -0.25) is 9.78 Å². The third-order valence-corrected chi connectivity index (χ3v) is 4.62. The molecule has 28 heavy (non-hydrogen) atoms. The predicted octanol–water partition coefficient (Wildman–Crippen LogP) is 2.98. The Morgan fingerprint density at radius 3 is 2.79 bits per heavy atom. The van der Waals surface area contributed by atoms with Crippen LogP contribution >= 0.6 is 0 Å². The molecular weight excluding hydrogens is 352 g/mol. The highest BCUT2D eigenvalue weighted by Gasteiger charge is 2.11. The van der Waals surface area contributed by atoms with Crippen molar-refractivity contribution in [3.8, 4) is 11.1 Å². The fourth-order valence-electron chi connectivity index (χ4n) is 3.15. The molecule has 4 rings (SSSR count). The first kappa shape index (κ1) is 17.9. The summed E-state index contributed by atoms with van der Waals surface area (Å²) < 4.78 is 0. The van der Waals surface area contributed by atoms with Gasteiger partial charge in [-0.15, -0.1) is 0 Å². The topological polar surface area (TPSA) is 90.9 Å². The molecule has 0 fully saturated rings. The van der Waals surface area contributed by atoms with Crippen molar-refractivity contribution in [2.24, 2.45) is 0 Å². The van der Waals surface area contributed by atoms with Crippen molar-refractivity contribution in [2.75, 3.05) is 0 Å². The number of rotatable bonds is 6. The second-order valence-electron chi connectivity index (χ2n) is 6.61. The number of benzene rings is 1. The molecule has 6 nitrogen and oxygen atoms in total. The molecule has 0 saturated heterocycles. The Kier molecular flexibility index (Phi) is 5.12. The van der Waals surface area contributed by atoms with Gasteiger partial charge in [0.15, 0.2) is 0 Å². The zero-order valence-corrected chi connectivity index (χ0v) is 15.2. The van der Waals surface area contributed by atoms with Gasteiger partial charge in [0, 0.05) is 42.3 Å². The molecule has 3 heterocycles. The maximum absolute atomic E-state index is 12.4. The predicted molar refractivity (Wildman–Crippen MR) is 107 cm³/mol. The number of nitrogens with zero attached hydrogens (tertiary/aromatic N) is 2. The van der Waals surface area contributed by atoms with Gasteiger partial charge in [-0.25, -0.2) is 4.98 Å². The number of fused-ring (bicyclic) bond motifs is 1. The first-order chi connectivity index (χ1) is 13.7. The molecular formula is C22H20N4O2. The van der Waals surface area contributed by atoms with E-state index in [-0.39, 0.29) is 18.9 Å². The van der Waals surface area contributed by atoms with Crippen LogP contribution in [0.15, 0.2) is 67.3 Å². The summed E-state index contributed by atoms with van der Waals surface area (Å²) in [4.78, 5) is 24.0. The fraction of sp³-hybridized carbons (Fsp3) is 0.136. The SMILES string of the molecule is O=C(Cc1c[nH]c2ncc(-c3cccc(CO)c3)cc12)NCc1cccnc1. The van der Waals surface area contributed by atoms with Crippen molar-refractivity contribution >= 4 is 16.9 Å². The number of aromatic nitrogens is 3. The lowest BCUT2D eigenvalue weighted by molar-refractivity contribution is -0.120.